The van der Waals surface area contributed by atoms with Crippen LogP contribution in [-0.4, -0.2) is 86.1 Å². The Morgan fingerprint density at radius 3 is 2.35 bits per heavy atom. The van der Waals surface area contributed by atoms with Crippen LogP contribution in [0.25, 0.3) is 0 Å². The predicted molar refractivity (Wildman–Crippen MR) is 116 cm³/mol. The van der Waals surface area contributed by atoms with E-state index >= 15 is 0 Å². The number of hydrogen-bond acceptors (Lipinski definition) is 7. The third-order valence-electron chi connectivity index (χ3n) is 5.73. The van der Waals surface area contributed by atoms with E-state index in [0.29, 0.717) is 18.5 Å². The molecule has 0 N–H and O–H groups in total. The van der Waals surface area contributed by atoms with Crippen molar-refractivity contribution in [1.82, 2.24) is 9.80 Å². The Balaban J connectivity index is 1.50. The van der Waals surface area contributed by atoms with E-state index in [4.69, 9.17) is 9.47 Å². The fourth-order valence-electron chi connectivity index (χ4n) is 4.37. The molecule has 0 bridgehead atoms. The van der Waals surface area contributed by atoms with Crippen molar-refractivity contribution in [3.8, 4) is 0 Å². The van der Waals surface area contributed by atoms with E-state index in [0.717, 1.165) is 25.2 Å². The molecule has 2 aliphatic heterocycles. The number of benzene rings is 1. The number of ether oxygens (including phenoxy) is 2. The van der Waals surface area contributed by atoms with E-state index in [-0.39, 0.29) is 35.7 Å². The average molecular weight is 453 g/mol. The molecule has 9 heteroatoms. The van der Waals surface area contributed by atoms with Gasteiger partial charge in [-0.2, -0.15) is 0 Å². The van der Waals surface area contributed by atoms with Gasteiger partial charge in [0, 0.05) is 32.2 Å². The van der Waals surface area contributed by atoms with Gasteiger partial charge in [0.05, 0.1) is 29.3 Å². The van der Waals surface area contributed by atoms with Gasteiger partial charge in [0.2, 0.25) is 0 Å². The molecular formula is C22H32N2O6S. The lowest BCUT2D eigenvalue weighted by atomic mass is 10.1. The molecule has 31 heavy (non-hydrogen) atoms. The van der Waals surface area contributed by atoms with Crippen LogP contribution in [0.5, 0.6) is 0 Å². The van der Waals surface area contributed by atoms with Gasteiger partial charge in [-0.3, -0.25) is 9.69 Å². The summed E-state index contributed by atoms with van der Waals surface area (Å²) >= 11 is 0. The number of rotatable bonds is 7. The van der Waals surface area contributed by atoms with Crippen LogP contribution in [0.3, 0.4) is 0 Å². The van der Waals surface area contributed by atoms with Gasteiger partial charge >= 0.3 is 5.97 Å². The van der Waals surface area contributed by atoms with Gasteiger partial charge in [-0.25, -0.2) is 13.2 Å². The van der Waals surface area contributed by atoms with Crippen molar-refractivity contribution in [2.45, 2.75) is 52.0 Å². The minimum Gasteiger partial charge on any atom is -0.452 e. The second-order valence-corrected chi connectivity index (χ2v) is 10.7. The van der Waals surface area contributed by atoms with Crippen LogP contribution >= 0.6 is 0 Å². The van der Waals surface area contributed by atoms with Gasteiger partial charge < -0.3 is 14.4 Å². The number of morpholine rings is 1. The van der Waals surface area contributed by atoms with Gasteiger partial charge in [-0.1, -0.05) is 12.1 Å². The van der Waals surface area contributed by atoms with Gasteiger partial charge in [-0.15, -0.1) is 0 Å². The molecule has 2 saturated heterocycles. The second-order valence-electron chi connectivity index (χ2n) is 8.46. The summed E-state index contributed by atoms with van der Waals surface area (Å²) in [5, 5.41) is 0. The number of carbonyl (C=O) groups is 2. The molecule has 172 valence electrons. The van der Waals surface area contributed by atoms with E-state index in [9.17, 15) is 18.0 Å². The van der Waals surface area contributed by atoms with Crippen LogP contribution in [-0.2, 0) is 30.7 Å². The quantitative estimate of drug-likeness (QED) is 0.579. The number of carbonyl (C=O) groups excluding carboxylic acids is 2. The van der Waals surface area contributed by atoms with Gasteiger partial charge in [0.25, 0.3) is 5.91 Å². The average Bonchev–Trinajstić information content (AvgIpc) is 3.06. The zero-order chi connectivity index (χ0) is 22.6. The largest absolute Gasteiger partial charge is 0.452 e. The monoisotopic (exact) mass is 452 g/mol. The van der Waals surface area contributed by atoms with Gasteiger partial charge in [-0.05, 0) is 44.9 Å². The highest BCUT2D eigenvalue weighted by molar-refractivity contribution is 7.91. The predicted octanol–water partition coefficient (Wildman–Crippen LogP) is 1.49. The standard InChI is InChI=1S/C22H32N2O6S/c1-4-24(20-9-10-31(27,28)15-20)21(25)14-29-22(26)19-7-5-18(6-8-19)13-23-11-16(2)30-17(3)12-23/h5-8,16-17,20H,4,9-15H2,1-3H3. The summed E-state index contributed by atoms with van der Waals surface area (Å²) in [7, 11) is -3.09. The molecule has 2 heterocycles. The SMILES string of the molecule is CCN(C(=O)COC(=O)c1ccc(CN2CC(C)OC(C)C2)cc1)C1CCS(=O)(=O)C1. The molecule has 0 aliphatic carbocycles. The summed E-state index contributed by atoms with van der Waals surface area (Å²) in [4.78, 5) is 28.6. The summed E-state index contributed by atoms with van der Waals surface area (Å²) in [6.45, 7) is 8.42. The summed E-state index contributed by atoms with van der Waals surface area (Å²) in [5.41, 5.74) is 1.47. The summed E-state index contributed by atoms with van der Waals surface area (Å²) < 4.78 is 34.3. The summed E-state index contributed by atoms with van der Waals surface area (Å²) in [6.07, 6.45) is 0.822. The van der Waals surface area contributed by atoms with Crippen LogP contribution in [0.1, 0.15) is 43.1 Å². The lowest BCUT2D eigenvalue weighted by Crippen LogP contribution is -2.44. The Morgan fingerprint density at radius 1 is 1.16 bits per heavy atom. The van der Waals surface area contributed by atoms with E-state index < -0.39 is 22.4 Å². The first-order valence-electron chi connectivity index (χ1n) is 10.8. The zero-order valence-electron chi connectivity index (χ0n) is 18.5. The van der Waals surface area contributed by atoms with Crippen molar-refractivity contribution in [2.24, 2.45) is 0 Å². The molecule has 2 fully saturated rings. The molecular weight excluding hydrogens is 420 g/mol. The summed E-state index contributed by atoms with van der Waals surface area (Å²) in [6, 6.07) is 6.86. The summed E-state index contributed by atoms with van der Waals surface area (Å²) in [5.74, 6) is -0.868. The second kappa shape index (κ2) is 10.1. The first-order valence-corrected chi connectivity index (χ1v) is 12.6. The molecule has 1 aromatic carbocycles. The third kappa shape index (κ3) is 6.51. The Hall–Kier alpha value is -1.97. The molecule has 1 amide bonds. The molecule has 3 atom stereocenters. The van der Waals surface area contributed by atoms with E-state index in [1.165, 1.54) is 4.90 Å². The van der Waals surface area contributed by atoms with Crippen molar-refractivity contribution in [1.29, 1.82) is 0 Å². The lowest BCUT2D eigenvalue weighted by Gasteiger charge is -2.35. The number of nitrogens with zero attached hydrogens (tertiary/aromatic N) is 2. The van der Waals surface area contributed by atoms with Crippen molar-refractivity contribution in [3.05, 3.63) is 35.4 Å². The molecule has 1 aromatic rings. The van der Waals surface area contributed by atoms with Crippen molar-refractivity contribution < 1.29 is 27.5 Å². The maximum Gasteiger partial charge on any atom is 0.338 e. The Bertz CT molecular complexity index is 876. The first kappa shape index (κ1) is 23.7. The molecule has 0 aromatic heterocycles. The van der Waals surface area contributed by atoms with Crippen LogP contribution in [0.15, 0.2) is 24.3 Å². The maximum atomic E-state index is 12.5. The van der Waals surface area contributed by atoms with Crippen molar-refractivity contribution >= 4 is 21.7 Å². The number of likely N-dealkylation sites (N-methyl/N-ethyl adjacent to an activating group) is 1. The molecule has 3 rings (SSSR count). The number of esters is 1. The Morgan fingerprint density at radius 2 is 1.81 bits per heavy atom. The molecule has 0 saturated carbocycles. The van der Waals surface area contributed by atoms with Crippen molar-refractivity contribution in [2.75, 3.05) is 37.7 Å². The van der Waals surface area contributed by atoms with Crippen LogP contribution in [0.4, 0.5) is 0 Å². The van der Waals surface area contributed by atoms with E-state index in [1.807, 2.05) is 12.1 Å². The third-order valence-corrected chi connectivity index (χ3v) is 7.48. The molecule has 2 aliphatic rings. The number of amides is 1. The minimum absolute atomic E-state index is 0.0251. The maximum absolute atomic E-state index is 12.5. The zero-order valence-corrected chi connectivity index (χ0v) is 19.3. The smallest absolute Gasteiger partial charge is 0.338 e. The van der Waals surface area contributed by atoms with Crippen LogP contribution in [0.2, 0.25) is 0 Å². The molecule has 0 spiro atoms. The van der Waals surface area contributed by atoms with E-state index in [1.54, 1.807) is 19.1 Å². The molecule has 0 radical (unpaired) electrons. The topological polar surface area (TPSA) is 93.2 Å². The first-order chi connectivity index (χ1) is 14.7. The molecule has 8 nitrogen and oxygen atoms in total. The highest BCUT2D eigenvalue weighted by Crippen LogP contribution is 2.18. The highest BCUT2D eigenvalue weighted by Gasteiger charge is 2.34. The normalized spacial score (nSPS) is 25.8. The van der Waals surface area contributed by atoms with Gasteiger partial charge in [0.15, 0.2) is 16.4 Å². The fourth-order valence-corrected chi connectivity index (χ4v) is 6.10. The van der Waals surface area contributed by atoms with E-state index in [2.05, 4.69) is 18.7 Å². The Kier molecular flexibility index (Phi) is 7.72. The Labute approximate surface area is 184 Å². The molecule has 3 unspecified atom stereocenters. The fraction of sp³-hybridized carbons (Fsp3) is 0.636. The number of hydrogen-bond donors (Lipinski definition) is 0. The van der Waals surface area contributed by atoms with Crippen molar-refractivity contribution in [3.63, 3.8) is 0 Å². The number of sulfone groups is 1. The lowest BCUT2D eigenvalue weighted by molar-refractivity contribution is -0.136. The van der Waals surface area contributed by atoms with Crippen LogP contribution < -0.4 is 0 Å². The van der Waals surface area contributed by atoms with Crippen LogP contribution in [0, 0.1) is 0 Å². The highest BCUT2D eigenvalue weighted by atomic mass is 32.2. The van der Waals surface area contributed by atoms with Gasteiger partial charge in [0.1, 0.15) is 0 Å². The minimum atomic E-state index is -3.09.